The Kier molecular flexibility index (Phi) is 5.59. The van der Waals surface area contributed by atoms with Gasteiger partial charge in [0.05, 0.1) is 23.8 Å². The average Bonchev–Trinajstić information content (AvgIpc) is 3.17. The van der Waals surface area contributed by atoms with Crippen molar-refractivity contribution in [1.82, 2.24) is 4.90 Å². The first-order chi connectivity index (χ1) is 14.2. The number of nitro benzene ring substituents is 1. The number of carbonyl (C=O) groups excluding carboxylic acids is 1. The maximum absolute atomic E-state index is 11.7. The van der Waals surface area contributed by atoms with Gasteiger partial charge in [0.1, 0.15) is 12.2 Å². The Morgan fingerprint density at radius 3 is 2.62 bits per heavy atom. The second-order valence-corrected chi connectivity index (χ2v) is 6.99. The van der Waals surface area contributed by atoms with E-state index in [1.807, 2.05) is 18.2 Å². The largest absolute Gasteiger partial charge is 0.379 e. The second kappa shape index (κ2) is 8.46. The van der Waals surface area contributed by atoms with Crippen LogP contribution in [-0.2, 0) is 11.2 Å². The smallest absolute Gasteiger partial charge is 0.270 e. The number of non-ortho nitro benzene ring substituents is 1. The number of hydrogen-bond acceptors (Lipinski definition) is 8. The molecule has 0 amide bonds. The maximum Gasteiger partial charge on any atom is 0.270 e. The van der Waals surface area contributed by atoms with Gasteiger partial charge >= 0.3 is 0 Å². The van der Waals surface area contributed by atoms with Gasteiger partial charge < -0.3 is 4.74 Å². The van der Waals surface area contributed by atoms with Gasteiger partial charge in [-0.1, -0.05) is 35.6 Å². The summed E-state index contributed by atoms with van der Waals surface area (Å²) in [5.74, 6) is 0. The summed E-state index contributed by atoms with van der Waals surface area (Å²) in [6, 6.07) is 14.2. The maximum atomic E-state index is 11.7. The van der Waals surface area contributed by atoms with Gasteiger partial charge in [0.2, 0.25) is 0 Å². The summed E-state index contributed by atoms with van der Waals surface area (Å²) in [6.45, 7) is 2.67. The van der Waals surface area contributed by atoms with Crippen LogP contribution in [0.2, 0.25) is 0 Å². The zero-order chi connectivity index (χ0) is 20.2. The van der Waals surface area contributed by atoms with Crippen LogP contribution in [0.5, 0.6) is 0 Å². The molecule has 1 saturated heterocycles. The van der Waals surface area contributed by atoms with E-state index < -0.39 is 4.92 Å². The van der Waals surface area contributed by atoms with E-state index in [1.165, 1.54) is 12.1 Å². The predicted molar refractivity (Wildman–Crippen MR) is 106 cm³/mol. The van der Waals surface area contributed by atoms with Crippen molar-refractivity contribution >= 4 is 17.7 Å². The molecule has 0 N–H and O–H groups in total. The lowest BCUT2D eigenvalue weighted by atomic mass is 10.0. The van der Waals surface area contributed by atoms with E-state index >= 15 is 0 Å². The number of nitro groups is 1. The van der Waals surface area contributed by atoms with Crippen LogP contribution in [0.4, 0.5) is 11.4 Å². The molecule has 9 nitrogen and oxygen atoms in total. The Labute approximate surface area is 167 Å². The van der Waals surface area contributed by atoms with Crippen LogP contribution in [-0.4, -0.2) is 54.6 Å². The Morgan fingerprint density at radius 1 is 1.17 bits per heavy atom. The molecule has 150 valence electrons. The molecule has 2 atom stereocenters. The zero-order valence-corrected chi connectivity index (χ0v) is 15.8. The van der Waals surface area contributed by atoms with Crippen molar-refractivity contribution in [2.75, 3.05) is 31.3 Å². The molecular weight excluding hydrogens is 374 g/mol. The molecule has 0 saturated carbocycles. The fourth-order valence-corrected chi connectivity index (χ4v) is 3.79. The highest BCUT2D eigenvalue weighted by molar-refractivity contribution is 5.86. The fraction of sp³-hybridized carbons (Fsp3) is 0.350. The third-order valence-corrected chi connectivity index (χ3v) is 5.19. The van der Waals surface area contributed by atoms with Crippen molar-refractivity contribution < 1.29 is 14.5 Å². The summed E-state index contributed by atoms with van der Waals surface area (Å²) in [4.78, 5) is 24.5. The van der Waals surface area contributed by atoms with E-state index in [2.05, 4.69) is 27.4 Å². The minimum Gasteiger partial charge on any atom is -0.379 e. The van der Waals surface area contributed by atoms with Crippen LogP contribution in [0.3, 0.4) is 0 Å². The first kappa shape index (κ1) is 19.2. The highest BCUT2D eigenvalue weighted by atomic mass is 16.6. The van der Waals surface area contributed by atoms with E-state index in [1.54, 1.807) is 11.1 Å². The first-order valence-electron chi connectivity index (χ1n) is 9.46. The molecule has 0 spiro atoms. The summed E-state index contributed by atoms with van der Waals surface area (Å²) in [6.07, 6.45) is 1.13. The van der Waals surface area contributed by atoms with E-state index in [-0.39, 0.29) is 23.5 Å². The van der Waals surface area contributed by atoms with Crippen molar-refractivity contribution in [2.45, 2.75) is 18.6 Å². The molecule has 0 bridgehead atoms. The number of nitrogens with zero attached hydrogens (tertiary/aromatic N) is 5. The molecule has 0 aromatic heterocycles. The summed E-state index contributed by atoms with van der Waals surface area (Å²) in [5.41, 5.74) is 1.75. The average molecular weight is 395 g/mol. The van der Waals surface area contributed by atoms with Gasteiger partial charge in [-0.15, -0.1) is 0 Å². The normalized spacial score (nSPS) is 22.0. The topological polar surface area (TPSA) is 101 Å². The van der Waals surface area contributed by atoms with Gasteiger partial charge in [0.15, 0.2) is 6.29 Å². The van der Waals surface area contributed by atoms with Gasteiger partial charge in [-0.05, 0) is 11.6 Å². The standard InChI is InChI=1S/C20H21N5O4/c26-14-16-13-17(25(27)28)6-7-19(16)24-20(23-8-10-29-11-9-23)18(21-22-24)12-15-4-2-1-3-5-15/h1-7,13-14,18,20H,8-12H2. The molecule has 2 heterocycles. The Morgan fingerprint density at radius 2 is 1.93 bits per heavy atom. The first-order valence-corrected chi connectivity index (χ1v) is 9.46. The summed E-state index contributed by atoms with van der Waals surface area (Å²) >= 11 is 0. The van der Waals surface area contributed by atoms with E-state index in [4.69, 9.17) is 4.74 Å². The zero-order valence-electron chi connectivity index (χ0n) is 15.8. The van der Waals surface area contributed by atoms with Gasteiger partial charge in [-0.3, -0.25) is 19.8 Å². The van der Waals surface area contributed by atoms with Gasteiger partial charge in [0, 0.05) is 37.2 Å². The van der Waals surface area contributed by atoms with Crippen molar-refractivity contribution in [3.05, 3.63) is 69.8 Å². The lowest BCUT2D eigenvalue weighted by molar-refractivity contribution is -0.384. The number of anilines is 1. The molecule has 9 heteroatoms. The number of rotatable bonds is 6. The van der Waals surface area contributed by atoms with Crippen LogP contribution in [0.25, 0.3) is 0 Å². The monoisotopic (exact) mass is 395 g/mol. The quantitative estimate of drug-likeness (QED) is 0.423. The van der Waals surface area contributed by atoms with E-state index in [0.717, 1.165) is 18.7 Å². The van der Waals surface area contributed by atoms with Crippen LogP contribution in [0.1, 0.15) is 15.9 Å². The number of aldehydes is 1. The third-order valence-electron chi connectivity index (χ3n) is 5.19. The Balaban J connectivity index is 1.67. The molecule has 0 aliphatic carbocycles. The highest BCUT2D eigenvalue weighted by Gasteiger charge is 2.39. The molecule has 29 heavy (non-hydrogen) atoms. The van der Waals surface area contributed by atoms with Crippen LogP contribution < -0.4 is 5.01 Å². The van der Waals surface area contributed by atoms with Crippen LogP contribution in [0.15, 0.2) is 58.9 Å². The lowest BCUT2D eigenvalue weighted by Crippen LogP contribution is -2.54. The number of hydrogen-bond donors (Lipinski definition) is 0. The Bertz CT molecular complexity index is 914. The fourth-order valence-electron chi connectivity index (χ4n) is 3.79. The van der Waals surface area contributed by atoms with Crippen molar-refractivity contribution in [1.29, 1.82) is 0 Å². The van der Waals surface area contributed by atoms with E-state index in [9.17, 15) is 14.9 Å². The highest BCUT2D eigenvalue weighted by Crippen LogP contribution is 2.33. The molecule has 2 unspecified atom stereocenters. The number of benzene rings is 2. The van der Waals surface area contributed by atoms with Gasteiger partial charge in [0.25, 0.3) is 5.69 Å². The lowest BCUT2D eigenvalue weighted by Gasteiger charge is -2.38. The summed E-state index contributed by atoms with van der Waals surface area (Å²) in [7, 11) is 0. The van der Waals surface area contributed by atoms with Crippen molar-refractivity contribution in [3.8, 4) is 0 Å². The van der Waals surface area contributed by atoms with Crippen molar-refractivity contribution in [2.24, 2.45) is 10.3 Å². The molecule has 2 aliphatic heterocycles. The SMILES string of the molecule is O=Cc1cc([N+](=O)[O-])ccc1N1N=NC(Cc2ccccc2)C1N1CCOCC1. The Hall–Kier alpha value is -3.17. The number of morpholine rings is 1. The third kappa shape index (κ3) is 4.01. The molecule has 4 rings (SSSR count). The molecular formula is C20H21N5O4. The summed E-state index contributed by atoms with van der Waals surface area (Å²) < 4.78 is 5.49. The second-order valence-electron chi connectivity index (χ2n) is 6.99. The summed E-state index contributed by atoms with van der Waals surface area (Å²) in [5, 5.41) is 21.7. The number of carbonyl (C=O) groups is 1. The molecule has 2 aliphatic rings. The molecule has 1 fully saturated rings. The number of ether oxygens (including phenoxy) is 1. The van der Waals surface area contributed by atoms with Crippen molar-refractivity contribution in [3.63, 3.8) is 0 Å². The predicted octanol–water partition coefficient (Wildman–Crippen LogP) is 2.86. The molecule has 0 radical (unpaired) electrons. The minimum atomic E-state index is -0.514. The minimum absolute atomic E-state index is 0.129. The van der Waals surface area contributed by atoms with Crippen LogP contribution >= 0.6 is 0 Å². The van der Waals surface area contributed by atoms with Gasteiger partial charge in [-0.2, -0.15) is 5.11 Å². The van der Waals surface area contributed by atoms with Crippen LogP contribution in [0, 0.1) is 10.1 Å². The van der Waals surface area contributed by atoms with Gasteiger partial charge in [-0.25, -0.2) is 5.01 Å². The van der Waals surface area contributed by atoms with E-state index in [0.29, 0.717) is 31.6 Å². The molecule has 2 aromatic carbocycles. The molecule has 2 aromatic rings.